The van der Waals surface area contributed by atoms with Gasteiger partial charge >= 0.3 is 0 Å². The SMILES string of the molecule is CCN1CCN(C(=S)S)C(Cc2ccc(C#N)cc2)C1. The topological polar surface area (TPSA) is 30.3 Å². The molecule has 1 aromatic rings. The molecule has 0 spiro atoms. The van der Waals surface area contributed by atoms with Crippen LogP contribution in [0, 0.1) is 11.3 Å². The van der Waals surface area contributed by atoms with Gasteiger partial charge in [0.25, 0.3) is 0 Å². The van der Waals surface area contributed by atoms with Gasteiger partial charge in [-0.15, -0.1) is 12.6 Å². The molecule has 0 aromatic heterocycles. The fourth-order valence-electron chi connectivity index (χ4n) is 2.62. The number of thiocarbonyl (C=S) groups is 1. The molecule has 0 aliphatic carbocycles. The third kappa shape index (κ3) is 3.72. The van der Waals surface area contributed by atoms with Crippen LogP contribution in [-0.2, 0) is 6.42 Å². The minimum Gasteiger partial charge on any atom is -0.352 e. The van der Waals surface area contributed by atoms with Crippen LogP contribution in [0.4, 0.5) is 0 Å². The molecular formula is C15H19N3S2. The van der Waals surface area contributed by atoms with E-state index in [0.29, 0.717) is 15.9 Å². The highest BCUT2D eigenvalue weighted by molar-refractivity contribution is 8.10. The molecule has 1 atom stereocenters. The van der Waals surface area contributed by atoms with Crippen LogP contribution in [0.3, 0.4) is 0 Å². The lowest BCUT2D eigenvalue weighted by atomic mass is 10.0. The van der Waals surface area contributed by atoms with Gasteiger partial charge in [0, 0.05) is 25.7 Å². The van der Waals surface area contributed by atoms with Gasteiger partial charge in [-0.1, -0.05) is 31.3 Å². The van der Waals surface area contributed by atoms with Crippen LogP contribution in [-0.4, -0.2) is 46.3 Å². The van der Waals surface area contributed by atoms with Gasteiger partial charge in [0.2, 0.25) is 0 Å². The molecule has 5 heteroatoms. The van der Waals surface area contributed by atoms with E-state index in [-0.39, 0.29) is 0 Å². The van der Waals surface area contributed by atoms with Crippen LogP contribution < -0.4 is 0 Å². The number of rotatable bonds is 3. The standard InChI is InChI=1S/C15H19N3S2/c1-2-17-7-8-18(15(19)20)14(11-17)9-12-3-5-13(10-16)6-4-12/h3-6,14H,2,7-9,11H2,1H3,(H,19,20). The molecule has 1 aromatic carbocycles. The van der Waals surface area contributed by atoms with Gasteiger partial charge in [-0.2, -0.15) is 5.26 Å². The molecular weight excluding hydrogens is 286 g/mol. The van der Waals surface area contributed by atoms with Crippen molar-refractivity contribution in [1.29, 1.82) is 5.26 Å². The van der Waals surface area contributed by atoms with Gasteiger partial charge in [0.1, 0.15) is 4.32 Å². The number of hydrogen-bond donors (Lipinski definition) is 1. The molecule has 0 saturated carbocycles. The van der Waals surface area contributed by atoms with E-state index in [0.717, 1.165) is 32.6 Å². The van der Waals surface area contributed by atoms with E-state index in [1.165, 1.54) is 5.56 Å². The van der Waals surface area contributed by atoms with E-state index in [1.54, 1.807) is 0 Å². The van der Waals surface area contributed by atoms with Crippen molar-refractivity contribution in [1.82, 2.24) is 9.80 Å². The van der Waals surface area contributed by atoms with E-state index in [1.807, 2.05) is 24.3 Å². The summed E-state index contributed by atoms with van der Waals surface area (Å²) in [5.74, 6) is 0. The van der Waals surface area contributed by atoms with Crippen molar-refractivity contribution >= 4 is 29.2 Å². The molecule has 1 heterocycles. The Labute approximate surface area is 131 Å². The van der Waals surface area contributed by atoms with Gasteiger partial charge in [0.05, 0.1) is 11.6 Å². The molecule has 1 saturated heterocycles. The molecule has 1 aliphatic rings. The highest BCUT2D eigenvalue weighted by Gasteiger charge is 2.26. The second-order valence-corrected chi connectivity index (χ2v) is 6.15. The van der Waals surface area contributed by atoms with E-state index >= 15 is 0 Å². The Kier molecular flexibility index (Phi) is 5.41. The molecule has 0 N–H and O–H groups in total. The Hall–Kier alpha value is -1.09. The summed E-state index contributed by atoms with van der Waals surface area (Å²) in [5.41, 5.74) is 1.94. The van der Waals surface area contributed by atoms with Crippen LogP contribution in [0.25, 0.3) is 0 Å². The van der Waals surface area contributed by atoms with Crippen molar-refractivity contribution in [2.75, 3.05) is 26.2 Å². The summed E-state index contributed by atoms with van der Waals surface area (Å²) >= 11 is 9.60. The lowest BCUT2D eigenvalue weighted by Gasteiger charge is -2.41. The summed E-state index contributed by atoms with van der Waals surface area (Å²) in [6.07, 6.45) is 0.933. The Balaban J connectivity index is 2.09. The van der Waals surface area contributed by atoms with Gasteiger partial charge in [0.15, 0.2) is 0 Å². The van der Waals surface area contributed by atoms with Crippen LogP contribution >= 0.6 is 24.8 Å². The average molecular weight is 305 g/mol. The van der Waals surface area contributed by atoms with Crippen molar-refractivity contribution in [3.8, 4) is 6.07 Å². The Morgan fingerprint density at radius 1 is 1.40 bits per heavy atom. The number of hydrogen-bond acceptors (Lipinski definition) is 3. The number of piperazine rings is 1. The van der Waals surface area contributed by atoms with Crippen molar-refractivity contribution in [2.45, 2.75) is 19.4 Å². The number of nitriles is 1. The zero-order chi connectivity index (χ0) is 14.5. The zero-order valence-corrected chi connectivity index (χ0v) is 13.3. The molecule has 1 unspecified atom stereocenters. The van der Waals surface area contributed by atoms with Crippen molar-refractivity contribution in [3.63, 3.8) is 0 Å². The Morgan fingerprint density at radius 2 is 2.10 bits per heavy atom. The van der Waals surface area contributed by atoms with Gasteiger partial charge < -0.3 is 4.90 Å². The fourth-order valence-corrected chi connectivity index (χ4v) is 3.12. The van der Waals surface area contributed by atoms with Crippen LogP contribution in [0.1, 0.15) is 18.1 Å². The second kappa shape index (κ2) is 7.07. The smallest absolute Gasteiger partial charge is 0.133 e. The first kappa shape index (κ1) is 15.3. The van der Waals surface area contributed by atoms with Crippen molar-refractivity contribution < 1.29 is 0 Å². The highest BCUT2D eigenvalue weighted by atomic mass is 32.1. The third-order valence-electron chi connectivity index (χ3n) is 3.81. The first-order valence-electron chi connectivity index (χ1n) is 6.85. The Morgan fingerprint density at radius 3 is 2.65 bits per heavy atom. The zero-order valence-electron chi connectivity index (χ0n) is 11.6. The molecule has 2 rings (SSSR count). The molecule has 1 aliphatic heterocycles. The van der Waals surface area contributed by atoms with E-state index < -0.39 is 0 Å². The number of benzene rings is 1. The first-order chi connectivity index (χ1) is 9.63. The summed E-state index contributed by atoms with van der Waals surface area (Å²) in [5, 5.41) is 8.84. The minimum absolute atomic E-state index is 0.363. The minimum atomic E-state index is 0.363. The van der Waals surface area contributed by atoms with Gasteiger partial charge in [-0.05, 0) is 30.7 Å². The summed E-state index contributed by atoms with van der Waals surface area (Å²) in [6.45, 7) is 6.25. The molecule has 0 amide bonds. The van der Waals surface area contributed by atoms with Gasteiger partial charge in [-0.3, -0.25) is 4.90 Å². The maximum absolute atomic E-state index is 8.84. The largest absolute Gasteiger partial charge is 0.352 e. The monoisotopic (exact) mass is 305 g/mol. The van der Waals surface area contributed by atoms with Gasteiger partial charge in [-0.25, -0.2) is 0 Å². The van der Waals surface area contributed by atoms with E-state index in [4.69, 9.17) is 17.5 Å². The summed E-state index contributed by atoms with van der Waals surface area (Å²) in [4.78, 5) is 4.65. The molecule has 3 nitrogen and oxygen atoms in total. The molecule has 106 valence electrons. The number of nitrogens with zero attached hydrogens (tertiary/aromatic N) is 3. The normalized spacial score (nSPS) is 19.6. The molecule has 0 radical (unpaired) electrons. The summed E-state index contributed by atoms with van der Waals surface area (Å²) in [6, 6.07) is 10.3. The van der Waals surface area contributed by atoms with E-state index in [2.05, 4.69) is 35.4 Å². The predicted molar refractivity (Wildman–Crippen MR) is 89.1 cm³/mol. The summed E-state index contributed by atoms with van der Waals surface area (Å²) < 4.78 is 0.680. The maximum atomic E-state index is 8.84. The number of thiol groups is 1. The van der Waals surface area contributed by atoms with Crippen molar-refractivity contribution in [2.24, 2.45) is 0 Å². The Bertz CT molecular complexity index is 507. The highest BCUT2D eigenvalue weighted by Crippen LogP contribution is 2.17. The second-order valence-electron chi connectivity index (χ2n) is 5.04. The fraction of sp³-hybridized carbons (Fsp3) is 0.467. The van der Waals surface area contributed by atoms with Crippen molar-refractivity contribution in [3.05, 3.63) is 35.4 Å². The maximum Gasteiger partial charge on any atom is 0.133 e. The summed E-state index contributed by atoms with van der Waals surface area (Å²) in [7, 11) is 0. The lowest BCUT2D eigenvalue weighted by molar-refractivity contribution is 0.136. The lowest BCUT2D eigenvalue weighted by Crippen LogP contribution is -2.54. The first-order valence-corrected chi connectivity index (χ1v) is 7.70. The quantitative estimate of drug-likeness (QED) is 0.686. The predicted octanol–water partition coefficient (Wildman–Crippen LogP) is 2.32. The number of likely N-dealkylation sites (N-methyl/N-ethyl adjacent to an activating group) is 1. The molecule has 1 fully saturated rings. The van der Waals surface area contributed by atoms with Crippen LogP contribution in [0.2, 0.25) is 0 Å². The van der Waals surface area contributed by atoms with Crippen LogP contribution in [0.5, 0.6) is 0 Å². The molecule has 20 heavy (non-hydrogen) atoms. The average Bonchev–Trinajstić information content (AvgIpc) is 2.47. The third-order valence-corrected chi connectivity index (χ3v) is 4.31. The van der Waals surface area contributed by atoms with Crippen LogP contribution in [0.15, 0.2) is 24.3 Å². The molecule has 0 bridgehead atoms. The van der Waals surface area contributed by atoms with E-state index in [9.17, 15) is 0 Å².